The molecule has 0 aromatic rings. The molecule has 92 valence electrons. The van der Waals surface area contributed by atoms with E-state index < -0.39 is 0 Å². The molecule has 1 aliphatic rings. The molecule has 3 nitrogen and oxygen atoms in total. The molecular formula is C13H24N2O. The predicted molar refractivity (Wildman–Crippen MR) is 67.1 cm³/mol. The van der Waals surface area contributed by atoms with Gasteiger partial charge >= 0.3 is 0 Å². The van der Waals surface area contributed by atoms with Crippen LogP contribution >= 0.6 is 0 Å². The first-order valence-corrected chi connectivity index (χ1v) is 6.12. The van der Waals surface area contributed by atoms with Crippen molar-refractivity contribution in [2.24, 2.45) is 5.73 Å². The van der Waals surface area contributed by atoms with E-state index in [9.17, 15) is 0 Å². The molecule has 0 aliphatic carbocycles. The molecule has 1 saturated heterocycles. The van der Waals surface area contributed by atoms with Crippen molar-refractivity contribution in [2.75, 3.05) is 19.7 Å². The van der Waals surface area contributed by atoms with E-state index in [1.807, 2.05) is 0 Å². The Labute approximate surface area is 99.1 Å². The van der Waals surface area contributed by atoms with Crippen LogP contribution in [0.25, 0.3) is 0 Å². The Bertz CT molecular complexity index is 261. The fraction of sp³-hybridized carbons (Fsp3) is 0.846. The number of rotatable bonds is 5. The number of hydrogen-bond acceptors (Lipinski definition) is 3. The molecule has 0 radical (unpaired) electrons. The van der Waals surface area contributed by atoms with Crippen molar-refractivity contribution in [1.82, 2.24) is 5.32 Å². The Morgan fingerprint density at radius 1 is 1.56 bits per heavy atom. The van der Waals surface area contributed by atoms with Crippen LogP contribution in [-0.4, -0.2) is 30.8 Å². The van der Waals surface area contributed by atoms with Gasteiger partial charge in [-0.25, -0.2) is 0 Å². The zero-order valence-electron chi connectivity index (χ0n) is 10.5. The molecule has 3 heteroatoms. The molecule has 2 unspecified atom stereocenters. The van der Waals surface area contributed by atoms with Crippen molar-refractivity contribution >= 4 is 0 Å². The molecular weight excluding hydrogens is 200 g/mol. The van der Waals surface area contributed by atoms with Gasteiger partial charge in [-0.15, -0.1) is 12.3 Å². The van der Waals surface area contributed by atoms with Crippen LogP contribution in [0, 0.1) is 12.3 Å². The van der Waals surface area contributed by atoms with E-state index in [0.717, 1.165) is 38.8 Å². The zero-order valence-corrected chi connectivity index (χ0v) is 10.5. The molecule has 1 fully saturated rings. The van der Waals surface area contributed by atoms with Crippen LogP contribution in [0.3, 0.4) is 0 Å². The molecule has 0 saturated carbocycles. The van der Waals surface area contributed by atoms with Crippen molar-refractivity contribution in [2.45, 2.75) is 50.7 Å². The summed E-state index contributed by atoms with van der Waals surface area (Å²) < 4.78 is 5.84. The summed E-state index contributed by atoms with van der Waals surface area (Å²) in [5, 5.41) is 3.53. The van der Waals surface area contributed by atoms with Crippen LogP contribution in [-0.2, 0) is 4.74 Å². The van der Waals surface area contributed by atoms with Crippen LogP contribution in [0.1, 0.15) is 39.5 Å². The van der Waals surface area contributed by atoms with Gasteiger partial charge in [-0.3, -0.25) is 0 Å². The number of hydrogen-bond donors (Lipinski definition) is 2. The van der Waals surface area contributed by atoms with Gasteiger partial charge in [0.05, 0.1) is 5.60 Å². The van der Waals surface area contributed by atoms with Gasteiger partial charge in [-0.05, 0) is 26.2 Å². The first-order chi connectivity index (χ1) is 7.60. The Morgan fingerprint density at radius 2 is 2.31 bits per heavy atom. The molecule has 0 spiro atoms. The monoisotopic (exact) mass is 224 g/mol. The van der Waals surface area contributed by atoms with Gasteiger partial charge in [0.2, 0.25) is 0 Å². The minimum atomic E-state index is -0.0409. The topological polar surface area (TPSA) is 47.3 Å². The highest BCUT2D eigenvalue weighted by atomic mass is 16.5. The standard InChI is InChI=1S/C13H24N2O/c1-4-6-8-15-13(11-14)7-9-16-12(3,5-2)10-13/h1,15H,5-11,14H2,2-3H3. The van der Waals surface area contributed by atoms with Crippen molar-refractivity contribution in [3.63, 3.8) is 0 Å². The third-order valence-electron chi connectivity index (χ3n) is 3.65. The van der Waals surface area contributed by atoms with Gasteiger partial charge < -0.3 is 15.8 Å². The number of nitrogens with one attached hydrogen (secondary N) is 1. The lowest BCUT2D eigenvalue weighted by molar-refractivity contribution is -0.0992. The SMILES string of the molecule is C#CCCNC1(CN)CCOC(C)(CC)C1. The van der Waals surface area contributed by atoms with Gasteiger partial charge in [-0.1, -0.05) is 6.92 Å². The lowest BCUT2D eigenvalue weighted by atomic mass is 9.79. The summed E-state index contributed by atoms with van der Waals surface area (Å²) in [6.07, 6.45) is 8.98. The summed E-state index contributed by atoms with van der Waals surface area (Å²) >= 11 is 0. The highest BCUT2D eigenvalue weighted by Crippen LogP contribution is 2.33. The number of terminal acetylenes is 1. The molecule has 1 aliphatic heterocycles. The average molecular weight is 224 g/mol. The smallest absolute Gasteiger partial charge is 0.0670 e. The van der Waals surface area contributed by atoms with Crippen LogP contribution in [0.4, 0.5) is 0 Å². The Morgan fingerprint density at radius 3 is 2.88 bits per heavy atom. The quantitative estimate of drug-likeness (QED) is 0.546. The van der Waals surface area contributed by atoms with Crippen LogP contribution in [0.15, 0.2) is 0 Å². The largest absolute Gasteiger partial charge is 0.375 e. The van der Waals surface area contributed by atoms with E-state index in [1.54, 1.807) is 0 Å². The van der Waals surface area contributed by atoms with Crippen LogP contribution in [0.5, 0.6) is 0 Å². The summed E-state index contributed by atoms with van der Waals surface area (Å²) in [4.78, 5) is 0. The lowest BCUT2D eigenvalue weighted by Gasteiger charge is -2.46. The summed E-state index contributed by atoms with van der Waals surface area (Å²) in [7, 11) is 0. The van der Waals surface area contributed by atoms with E-state index in [-0.39, 0.29) is 11.1 Å². The maximum atomic E-state index is 5.93. The molecule has 0 amide bonds. The molecule has 0 aromatic heterocycles. The molecule has 0 bridgehead atoms. The normalized spacial score (nSPS) is 34.6. The van der Waals surface area contributed by atoms with Crippen LogP contribution in [0.2, 0.25) is 0 Å². The van der Waals surface area contributed by atoms with E-state index in [4.69, 9.17) is 16.9 Å². The predicted octanol–water partition coefficient (Wildman–Crippen LogP) is 1.28. The summed E-state index contributed by atoms with van der Waals surface area (Å²) in [5.41, 5.74) is 5.90. The Hall–Kier alpha value is -0.560. The average Bonchev–Trinajstić information content (AvgIpc) is 2.30. The molecule has 1 rings (SSSR count). The molecule has 3 N–H and O–H groups in total. The van der Waals surface area contributed by atoms with Crippen molar-refractivity contribution < 1.29 is 4.74 Å². The number of nitrogens with two attached hydrogens (primary N) is 1. The second-order valence-electron chi connectivity index (χ2n) is 4.94. The highest BCUT2D eigenvalue weighted by molar-refractivity contribution is 4.99. The fourth-order valence-corrected chi connectivity index (χ4v) is 2.37. The van der Waals surface area contributed by atoms with E-state index >= 15 is 0 Å². The van der Waals surface area contributed by atoms with Crippen molar-refractivity contribution in [3.05, 3.63) is 0 Å². The molecule has 1 heterocycles. The lowest BCUT2D eigenvalue weighted by Crippen LogP contribution is -2.59. The summed E-state index contributed by atoms with van der Waals surface area (Å²) in [6, 6.07) is 0. The van der Waals surface area contributed by atoms with E-state index in [0.29, 0.717) is 6.54 Å². The maximum absolute atomic E-state index is 5.93. The van der Waals surface area contributed by atoms with Crippen LogP contribution < -0.4 is 11.1 Å². The van der Waals surface area contributed by atoms with Gasteiger partial charge in [0, 0.05) is 31.7 Å². The van der Waals surface area contributed by atoms with Crippen molar-refractivity contribution in [1.29, 1.82) is 0 Å². The minimum absolute atomic E-state index is 0.0137. The van der Waals surface area contributed by atoms with E-state index in [2.05, 4.69) is 25.1 Å². The first kappa shape index (κ1) is 13.5. The molecule has 16 heavy (non-hydrogen) atoms. The second kappa shape index (κ2) is 5.67. The van der Waals surface area contributed by atoms with E-state index in [1.165, 1.54) is 0 Å². The highest BCUT2D eigenvalue weighted by Gasteiger charge is 2.40. The second-order valence-corrected chi connectivity index (χ2v) is 4.94. The Kier molecular flexibility index (Phi) is 4.79. The molecule has 2 atom stereocenters. The van der Waals surface area contributed by atoms with Gasteiger partial charge in [0.25, 0.3) is 0 Å². The maximum Gasteiger partial charge on any atom is 0.0670 e. The minimum Gasteiger partial charge on any atom is -0.375 e. The number of ether oxygens (including phenoxy) is 1. The summed E-state index contributed by atoms with van der Waals surface area (Å²) in [6.45, 7) is 6.60. The Balaban J connectivity index is 2.61. The van der Waals surface area contributed by atoms with Gasteiger partial charge in [-0.2, -0.15) is 0 Å². The third kappa shape index (κ3) is 3.21. The fourth-order valence-electron chi connectivity index (χ4n) is 2.37. The first-order valence-electron chi connectivity index (χ1n) is 6.12. The van der Waals surface area contributed by atoms with Gasteiger partial charge in [0.1, 0.15) is 0 Å². The zero-order chi connectivity index (χ0) is 12.1. The third-order valence-corrected chi connectivity index (χ3v) is 3.65. The molecule has 0 aromatic carbocycles. The summed E-state index contributed by atoms with van der Waals surface area (Å²) in [5.74, 6) is 2.65. The van der Waals surface area contributed by atoms with Gasteiger partial charge in [0.15, 0.2) is 0 Å². The van der Waals surface area contributed by atoms with Crippen molar-refractivity contribution in [3.8, 4) is 12.3 Å².